The SMILES string of the molecule is COc1cccc(-c2c(N)ncnc2C(F)(F)F)c1. The summed E-state index contributed by atoms with van der Waals surface area (Å²) in [6, 6.07) is 6.13. The van der Waals surface area contributed by atoms with Gasteiger partial charge in [0.25, 0.3) is 0 Å². The maximum Gasteiger partial charge on any atom is 0.434 e. The first kappa shape index (κ1) is 13.1. The van der Waals surface area contributed by atoms with Gasteiger partial charge in [-0.2, -0.15) is 13.2 Å². The summed E-state index contributed by atoms with van der Waals surface area (Å²) >= 11 is 0. The molecule has 1 aromatic carbocycles. The van der Waals surface area contributed by atoms with Crippen LogP contribution in [0.15, 0.2) is 30.6 Å². The third-order valence-electron chi connectivity index (χ3n) is 2.50. The number of ether oxygens (including phenoxy) is 1. The highest BCUT2D eigenvalue weighted by Crippen LogP contribution is 2.38. The molecule has 2 aromatic rings. The van der Waals surface area contributed by atoms with Crippen molar-refractivity contribution in [2.75, 3.05) is 12.8 Å². The minimum absolute atomic E-state index is 0.226. The normalized spacial score (nSPS) is 11.4. The van der Waals surface area contributed by atoms with Gasteiger partial charge in [0.15, 0.2) is 5.69 Å². The molecular weight excluding hydrogens is 259 g/mol. The third-order valence-corrected chi connectivity index (χ3v) is 2.50. The van der Waals surface area contributed by atoms with E-state index in [1.165, 1.54) is 19.2 Å². The summed E-state index contributed by atoms with van der Waals surface area (Å²) in [4.78, 5) is 6.90. The van der Waals surface area contributed by atoms with Crippen LogP contribution in [0.3, 0.4) is 0 Å². The van der Waals surface area contributed by atoms with Gasteiger partial charge < -0.3 is 10.5 Å². The van der Waals surface area contributed by atoms with Crippen molar-refractivity contribution >= 4 is 5.82 Å². The van der Waals surface area contributed by atoms with E-state index >= 15 is 0 Å². The van der Waals surface area contributed by atoms with Crippen LogP contribution in [0.5, 0.6) is 5.75 Å². The molecule has 0 bridgehead atoms. The zero-order valence-corrected chi connectivity index (χ0v) is 9.90. The van der Waals surface area contributed by atoms with Crippen LogP contribution >= 0.6 is 0 Å². The van der Waals surface area contributed by atoms with Crippen molar-refractivity contribution in [2.24, 2.45) is 0 Å². The zero-order valence-electron chi connectivity index (χ0n) is 9.90. The van der Waals surface area contributed by atoms with Crippen LogP contribution in [0.1, 0.15) is 5.69 Å². The van der Waals surface area contributed by atoms with Crippen molar-refractivity contribution in [2.45, 2.75) is 6.18 Å². The van der Waals surface area contributed by atoms with Crippen molar-refractivity contribution in [1.82, 2.24) is 9.97 Å². The van der Waals surface area contributed by atoms with Crippen LogP contribution in [0.4, 0.5) is 19.0 Å². The molecule has 4 nitrogen and oxygen atoms in total. The van der Waals surface area contributed by atoms with Gasteiger partial charge in [-0.05, 0) is 17.7 Å². The lowest BCUT2D eigenvalue weighted by atomic mass is 10.0. The quantitative estimate of drug-likeness (QED) is 0.910. The monoisotopic (exact) mass is 269 g/mol. The number of rotatable bonds is 2. The van der Waals surface area contributed by atoms with Crippen molar-refractivity contribution in [1.29, 1.82) is 0 Å². The molecule has 7 heteroatoms. The predicted molar refractivity (Wildman–Crippen MR) is 63.4 cm³/mol. The van der Waals surface area contributed by atoms with Gasteiger partial charge in [0.05, 0.1) is 12.7 Å². The summed E-state index contributed by atoms with van der Waals surface area (Å²) in [5.41, 5.74) is 4.50. The summed E-state index contributed by atoms with van der Waals surface area (Å²) in [5.74, 6) is 0.199. The highest BCUT2D eigenvalue weighted by atomic mass is 19.4. The van der Waals surface area contributed by atoms with Gasteiger partial charge in [-0.15, -0.1) is 0 Å². The molecule has 0 fully saturated rings. The fourth-order valence-electron chi connectivity index (χ4n) is 1.68. The summed E-state index contributed by atoms with van der Waals surface area (Å²) < 4.78 is 43.7. The number of anilines is 1. The lowest BCUT2D eigenvalue weighted by Gasteiger charge is -2.13. The minimum atomic E-state index is -4.60. The Balaban J connectivity index is 2.67. The second-order valence-electron chi connectivity index (χ2n) is 3.71. The highest BCUT2D eigenvalue weighted by molar-refractivity contribution is 5.77. The number of benzene rings is 1. The molecule has 100 valence electrons. The summed E-state index contributed by atoms with van der Waals surface area (Å²) in [6.07, 6.45) is -3.81. The number of methoxy groups -OCH3 is 1. The predicted octanol–water partition coefficient (Wildman–Crippen LogP) is 2.75. The Morgan fingerprint density at radius 3 is 2.58 bits per heavy atom. The number of nitrogen functional groups attached to an aromatic ring is 1. The van der Waals surface area contributed by atoms with E-state index in [-0.39, 0.29) is 16.9 Å². The van der Waals surface area contributed by atoms with E-state index in [1.54, 1.807) is 12.1 Å². The van der Waals surface area contributed by atoms with Crippen LogP contribution in [0.2, 0.25) is 0 Å². The molecule has 1 heterocycles. The van der Waals surface area contributed by atoms with E-state index in [0.29, 0.717) is 5.75 Å². The Hall–Kier alpha value is -2.31. The van der Waals surface area contributed by atoms with Crippen LogP contribution < -0.4 is 10.5 Å². The van der Waals surface area contributed by atoms with E-state index in [9.17, 15) is 13.2 Å². The number of nitrogens with two attached hydrogens (primary N) is 1. The molecule has 2 rings (SSSR count). The maximum absolute atomic E-state index is 12.9. The van der Waals surface area contributed by atoms with Gasteiger partial charge in [0, 0.05) is 0 Å². The van der Waals surface area contributed by atoms with Crippen molar-refractivity contribution in [3.05, 3.63) is 36.3 Å². The minimum Gasteiger partial charge on any atom is -0.497 e. The van der Waals surface area contributed by atoms with Gasteiger partial charge in [-0.3, -0.25) is 0 Å². The molecule has 0 aliphatic carbocycles. The second kappa shape index (κ2) is 4.75. The Morgan fingerprint density at radius 2 is 1.95 bits per heavy atom. The molecular formula is C12H10F3N3O. The third kappa shape index (κ3) is 2.59. The smallest absolute Gasteiger partial charge is 0.434 e. The fraction of sp³-hybridized carbons (Fsp3) is 0.167. The Bertz CT molecular complexity index is 599. The largest absolute Gasteiger partial charge is 0.497 e. The summed E-state index contributed by atoms with van der Waals surface area (Å²) in [6.45, 7) is 0. The topological polar surface area (TPSA) is 61.0 Å². The van der Waals surface area contributed by atoms with Crippen LogP contribution in [-0.2, 0) is 6.18 Å². The molecule has 0 saturated heterocycles. The van der Waals surface area contributed by atoms with Gasteiger partial charge in [0.2, 0.25) is 0 Å². The Labute approximate surface area is 107 Å². The molecule has 19 heavy (non-hydrogen) atoms. The first-order chi connectivity index (χ1) is 8.93. The van der Waals surface area contributed by atoms with E-state index in [0.717, 1.165) is 6.33 Å². The number of aromatic nitrogens is 2. The molecule has 0 aliphatic heterocycles. The summed E-state index contributed by atoms with van der Waals surface area (Å²) in [7, 11) is 1.43. The molecule has 0 amide bonds. The standard InChI is InChI=1S/C12H10F3N3O/c1-19-8-4-2-3-7(5-8)9-10(12(13,14)15)17-6-18-11(9)16/h2-6H,1H3,(H2,16,17,18). The summed E-state index contributed by atoms with van der Waals surface area (Å²) in [5, 5.41) is 0. The van der Waals surface area contributed by atoms with Crippen LogP contribution in [0.25, 0.3) is 11.1 Å². The molecule has 1 aromatic heterocycles. The highest BCUT2D eigenvalue weighted by Gasteiger charge is 2.37. The zero-order chi connectivity index (χ0) is 14.0. The van der Waals surface area contributed by atoms with Crippen LogP contribution in [-0.4, -0.2) is 17.1 Å². The fourth-order valence-corrected chi connectivity index (χ4v) is 1.68. The van der Waals surface area contributed by atoms with E-state index in [2.05, 4.69) is 9.97 Å². The van der Waals surface area contributed by atoms with Gasteiger partial charge in [0.1, 0.15) is 17.9 Å². The average molecular weight is 269 g/mol. The average Bonchev–Trinajstić information content (AvgIpc) is 2.37. The van der Waals surface area contributed by atoms with Crippen molar-refractivity contribution < 1.29 is 17.9 Å². The number of halogens is 3. The number of hydrogen-bond donors (Lipinski definition) is 1. The van der Waals surface area contributed by atoms with Crippen molar-refractivity contribution in [3.63, 3.8) is 0 Å². The number of alkyl halides is 3. The van der Waals surface area contributed by atoms with E-state index in [1.807, 2.05) is 0 Å². The Morgan fingerprint density at radius 1 is 1.21 bits per heavy atom. The van der Waals surface area contributed by atoms with Gasteiger partial charge >= 0.3 is 6.18 Å². The number of nitrogens with zero attached hydrogens (tertiary/aromatic N) is 2. The lowest BCUT2D eigenvalue weighted by Crippen LogP contribution is -2.12. The van der Waals surface area contributed by atoms with Gasteiger partial charge in [-0.25, -0.2) is 9.97 Å². The first-order valence-electron chi connectivity index (χ1n) is 5.25. The molecule has 2 N–H and O–H groups in total. The maximum atomic E-state index is 12.9. The number of hydrogen-bond acceptors (Lipinski definition) is 4. The van der Waals surface area contributed by atoms with E-state index < -0.39 is 11.9 Å². The Kier molecular flexibility index (Phi) is 3.28. The molecule has 0 unspecified atom stereocenters. The van der Waals surface area contributed by atoms with E-state index in [4.69, 9.17) is 10.5 Å². The van der Waals surface area contributed by atoms with Crippen molar-refractivity contribution in [3.8, 4) is 16.9 Å². The van der Waals surface area contributed by atoms with Gasteiger partial charge in [-0.1, -0.05) is 12.1 Å². The molecule has 0 radical (unpaired) electrons. The van der Waals surface area contributed by atoms with Crippen LogP contribution in [0, 0.1) is 0 Å². The molecule has 0 saturated carbocycles. The second-order valence-corrected chi connectivity index (χ2v) is 3.71. The molecule has 0 aliphatic rings. The molecule has 0 atom stereocenters. The molecule has 0 spiro atoms. The first-order valence-corrected chi connectivity index (χ1v) is 5.25. The lowest BCUT2D eigenvalue weighted by molar-refractivity contribution is -0.140.